The molecule has 2 aromatic rings. The van der Waals surface area contributed by atoms with Gasteiger partial charge in [0.05, 0.1) is 13.7 Å². The maximum absolute atomic E-state index is 12.0. The van der Waals surface area contributed by atoms with Crippen molar-refractivity contribution in [2.75, 3.05) is 25.5 Å². The molecule has 0 radical (unpaired) electrons. The number of amides is 1. The molecule has 2 aromatic carbocycles. The molecule has 0 aliphatic carbocycles. The fourth-order valence-corrected chi connectivity index (χ4v) is 2.10. The van der Waals surface area contributed by atoms with E-state index in [1.807, 2.05) is 49.4 Å². The molecule has 0 aromatic heterocycles. The first-order valence-electron chi connectivity index (χ1n) is 7.64. The average Bonchev–Trinajstić information content (AvgIpc) is 2.59. The van der Waals surface area contributed by atoms with Gasteiger partial charge in [-0.3, -0.25) is 9.79 Å². The summed E-state index contributed by atoms with van der Waals surface area (Å²) in [5, 5.41) is 5.79. The molecule has 25 heavy (non-hydrogen) atoms. The van der Waals surface area contributed by atoms with Gasteiger partial charge in [-0.1, -0.05) is 17.7 Å². The van der Waals surface area contributed by atoms with Crippen LogP contribution in [0.2, 0.25) is 0 Å². The smallest absolute Gasteiger partial charge is 0.251 e. The third kappa shape index (κ3) is 7.00. The Morgan fingerprint density at radius 1 is 1.20 bits per heavy atom. The number of guanidine groups is 1. The lowest BCUT2D eigenvalue weighted by atomic mass is 10.1. The third-order valence-corrected chi connectivity index (χ3v) is 3.32. The van der Waals surface area contributed by atoms with Crippen LogP contribution in [0.5, 0.6) is 5.75 Å². The highest BCUT2D eigenvalue weighted by Crippen LogP contribution is 2.14. The molecule has 0 saturated heterocycles. The first-order valence-corrected chi connectivity index (χ1v) is 7.64. The first-order chi connectivity index (χ1) is 11.6. The Morgan fingerprint density at radius 2 is 1.92 bits per heavy atom. The van der Waals surface area contributed by atoms with E-state index in [2.05, 4.69) is 15.6 Å². The minimum Gasteiger partial charge on any atom is -0.497 e. The summed E-state index contributed by atoms with van der Waals surface area (Å²) in [5.41, 5.74) is 8.33. The molecule has 0 aliphatic rings. The summed E-state index contributed by atoms with van der Waals surface area (Å²) in [4.78, 5) is 16.2. The molecule has 7 heteroatoms. The van der Waals surface area contributed by atoms with Gasteiger partial charge in [0, 0.05) is 17.8 Å². The van der Waals surface area contributed by atoms with E-state index in [4.69, 9.17) is 10.5 Å². The molecule has 0 aliphatic heterocycles. The van der Waals surface area contributed by atoms with Crippen LogP contribution in [0.4, 0.5) is 5.69 Å². The van der Waals surface area contributed by atoms with Gasteiger partial charge in [0.25, 0.3) is 5.91 Å². The SMILES string of the molecule is COc1ccc(NC(N)=NCCNC(=O)c2cccc(C)c2)cc1.I. The number of benzene rings is 2. The van der Waals surface area contributed by atoms with E-state index in [0.717, 1.165) is 17.0 Å². The number of hydrogen-bond donors (Lipinski definition) is 3. The van der Waals surface area contributed by atoms with Gasteiger partial charge < -0.3 is 21.1 Å². The van der Waals surface area contributed by atoms with E-state index >= 15 is 0 Å². The number of carbonyl (C=O) groups is 1. The zero-order valence-corrected chi connectivity index (χ0v) is 16.6. The Labute approximate surface area is 164 Å². The minimum atomic E-state index is -0.115. The molecule has 0 saturated carbocycles. The summed E-state index contributed by atoms with van der Waals surface area (Å²) >= 11 is 0. The number of ether oxygens (including phenoxy) is 1. The van der Waals surface area contributed by atoms with Crippen molar-refractivity contribution < 1.29 is 9.53 Å². The second-order valence-electron chi connectivity index (χ2n) is 5.25. The van der Waals surface area contributed by atoms with Gasteiger partial charge in [-0.15, -0.1) is 24.0 Å². The topological polar surface area (TPSA) is 88.7 Å². The van der Waals surface area contributed by atoms with Crippen LogP contribution in [0.15, 0.2) is 53.5 Å². The van der Waals surface area contributed by atoms with Crippen LogP contribution in [-0.2, 0) is 0 Å². The fraction of sp³-hybridized carbons (Fsp3) is 0.222. The van der Waals surface area contributed by atoms with E-state index in [-0.39, 0.29) is 29.9 Å². The standard InChI is InChI=1S/C18H22N4O2.HI/c1-13-4-3-5-14(12-13)17(23)20-10-11-21-18(19)22-15-6-8-16(24-2)9-7-15;/h3-9,12H,10-11H2,1-2H3,(H,20,23)(H3,19,21,22);1H. The summed E-state index contributed by atoms with van der Waals surface area (Å²) in [6.45, 7) is 2.76. The second kappa shape index (κ2) is 10.5. The molecule has 4 N–H and O–H groups in total. The third-order valence-electron chi connectivity index (χ3n) is 3.32. The maximum atomic E-state index is 12.0. The van der Waals surface area contributed by atoms with E-state index in [1.54, 1.807) is 13.2 Å². The predicted octanol–water partition coefficient (Wildman–Crippen LogP) is 2.78. The van der Waals surface area contributed by atoms with Crippen molar-refractivity contribution in [3.63, 3.8) is 0 Å². The quantitative estimate of drug-likeness (QED) is 0.271. The van der Waals surface area contributed by atoms with Gasteiger partial charge in [-0.25, -0.2) is 0 Å². The predicted molar refractivity (Wildman–Crippen MR) is 112 cm³/mol. The van der Waals surface area contributed by atoms with Crippen LogP contribution in [0.3, 0.4) is 0 Å². The number of nitrogens with zero attached hydrogens (tertiary/aromatic N) is 1. The highest BCUT2D eigenvalue weighted by atomic mass is 127. The highest BCUT2D eigenvalue weighted by molar-refractivity contribution is 14.0. The van der Waals surface area contributed by atoms with Gasteiger partial charge in [0.2, 0.25) is 0 Å². The normalized spacial score (nSPS) is 10.6. The van der Waals surface area contributed by atoms with Gasteiger partial charge in [-0.05, 0) is 43.3 Å². The molecule has 2 rings (SSSR count). The van der Waals surface area contributed by atoms with Crippen molar-refractivity contribution in [1.82, 2.24) is 5.32 Å². The highest BCUT2D eigenvalue weighted by Gasteiger charge is 2.04. The van der Waals surface area contributed by atoms with Crippen molar-refractivity contribution in [1.29, 1.82) is 0 Å². The fourth-order valence-electron chi connectivity index (χ4n) is 2.10. The molecule has 0 spiro atoms. The zero-order chi connectivity index (χ0) is 17.4. The number of carbonyl (C=O) groups excluding carboxylic acids is 1. The van der Waals surface area contributed by atoms with Crippen LogP contribution >= 0.6 is 24.0 Å². The van der Waals surface area contributed by atoms with Gasteiger partial charge in [0.15, 0.2) is 5.96 Å². The van der Waals surface area contributed by atoms with E-state index in [0.29, 0.717) is 24.6 Å². The van der Waals surface area contributed by atoms with Gasteiger partial charge in [-0.2, -0.15) is 0 Å². The van der Waals surface area contributed by atoms with E-state index < -0.39 is 0 Å². The number of nitrogens with two attached hydrogens (primary N) is 1. The van der Waals surface area contributed by atoms with Gasteiger partial charge in [0.1, 0.15) is 5.75 Å². The van der Waals surface area contributed by atoms with Crippen molar-refractivity contribution in [3.8, 4) is 5.75 Å². The van der Waals surface area contributed by atoms with Crippen molar-refractivity contribution in [3.05, 3.63) is 59.7 Å². The van der Waals surface area contributed by atoms with Crippen molar-refractivity contribution in [2.24, 2.45) is 10.7 Å². The largest absolute Gasteiger partial charge is 0.497 e. The molecule has 0 heterocycles. The number of anilines is 1. The van der Waals surface area contributed by atoms with Crippen LogP contribution in [0.25, 0.3) is 0 Å². The van der Waals surface area contributed by atoms with Crippen LogP contribution in [0, 0.1) is 6.92 Å². The summed E-state index contributed by atoms with van der Waals surface area (Å²) in [6, 6.07) is 14.8. The molecule has 0 atom stereocenters. The summed E-state index contributed by atoms with van der Waals surface area (Å²) in [6.07, 6.45) is 0. The minimum absolute atomic E-state index is 0. The second-order valence-corrected chi connectivity index (χ2v) is 5.25. The molecule has 0 unspecified atom stereocenters. The molecule has 1 amide bonds. The zero-order valence-electron chi connectivity index (χ0n) is 14.3. The maximum Gasteiger partial charge on any atom is 0.251 e. The molecular formula is C18H23IN4O2. The Balaban J connectivity index is 0.00000312. The molecule has 134 valence electrons. The number of rotatable bonds is 6. The van der Waals surface area contributed by atoms with Crippen LogP contribution < -0.4 is 21.1 Å². The lowest BCUT2D eigenvalue weighted by Gasteiger charge is -2.07. The molecule has 6 nitrogen and oxygen atoms in total. The molecule has 0 bridgehead atoms. The molecular weight excluding hydrogens is 431 g/mol. The number of methoxy groups -OCH3 is 1. The monoisotopic (exact) mass is 454 g/mol. The van der Waals surface area contributed by atoms with Gasteiger partial charge >= 0.3 is 0 Å². The van der Waals surface area contributed by atoms with Crippen LogP contribution in [0.1, 0.15) is 15.9 Å². The average molecular weight is 454 g/mol. The van der Waals surface area contributed by atoms with Crippen LogP contribution in [-0.4, -0.2) is 32.1 Å². The molecule has 0 fully saturated rings. The van der Waals surface area contributed by atoms with E-state index in [1.165, 1.54) is 0 Å². The van der Waals surface area contributed by atoms with Crippen molar-refractivity contribution >= 4 is 41.5 Å². The summed E-state index contributed by atoms with van der Waals surface area (Å²) < 4.78 is 5.09. The number of halogens is 1. The van der Waals surface area contributed by atoms with Crippen molar-refractivity contribution in [2.45, 2.75) is 6.92 Å². The summed E-state index contributed by atoms with van der Waals surface area (Å²) in [5.74, 6) is 0.954. The Hall–Kier alpha value is -2.29. The number of nitrogens with one attached hydrogen (secondary N) is 2. The summed E-state index contributed by atoms with van der Waals surface area (Å²) in [7, 11) is 1.61. The lowest BCUT2D eigenvalue weighted by molar-refractivity contribution is 0.0954. The Bertz CT molecular complexity index is 717. The number of aryl methyl sites for hydroxylation is 1. The lowest BCUT2D eigenvalue weighted by Crippen LogP contribution is -2.28. The van der Waals surface area contributed by atoms with E-state index in [9.17, 15) is 4.79 Å². The Kier molecular flexibility index (Phi) is 8.76. The number of hydrogen-bond acceptors (Lipinski definition) is 3. The number of aliphatic imine (C=N–C) groups is 1. The first kappa shape index (κ1) is 20.8. The Morgan fingerprint density at radius 3 is 2.56 bits per heavy atom.